The molecule has 4 rings (SSSR count). The maximum absolute atomic E-state index is 12.8. The van der Waals surface area contributed by atoms with Crippen LogP contribution in [0, 0.1) is 0 Å². The number of aromatic nitrogens is 2. The van der Waals surface area contributed by atoms with Crippen molar-refractivity contribution in [1.82, 2.24) is 9.78 Å². The van der Waals surface area contributed by atoms with Crippen LogP contribution in [0.5, 0.6) is 11.5 Å². The van der Waals surface area contributed by atoms with Gasteiger partial charge in [0.2, 0.25) is 0 Å². The molecule has 3 aromatic carbocycles. The fourth-order valence-corrected chi connectivity index (χ4v) is 3.41. The van der Waals surface area contributed by atoms with E-state index in [1.54, 1.807) is 54.3 Å². The van der Waals surface area contributed by atoms with Gasteiger partial charge < -0.3 is 14.8 Å². The third-order valence-corrected chi connectivity index (χ3v) is 4.80. The van der Waals surface area contributed by atoms with Crippen molar-refractivity contribution in [3.63, 3.8) is 0 Å². The number of nitrogens with zero attached hydrogens (tertiary/aromatic N) is 2. The second-order valence-electron chi connectivity index (χ2n) is 6.68. The fraction of sp³-hybridized carbons (Fsp3) is 0.136. The Bertz CT molecular complexity index is 1220. The molecule has 1 heterocycles. The SMILES string of the molecule is COc1ccc2c(c1)c(Nc1cccc(Cl)c1)nn2Cc1ccccc1OC(F)(F)F. The van der Waals surface area contributed by atoms with Crippen LogP contribution in [0.2, 0.25) is 5.02 Å². The number of ether oxygens (including phenoxy) is 2. The Balaban J connectivity index is 1.75. The Morgan fingerprint density at radius 2 is 1.84 bits per heavy atom. The third-order valence-electron chi connectivity index (χ3n) is 4.56. The second-order valence-corrected chi connectivity index (χ2v) is 7.12. The Hall–Kier alpha value is -3.39. The van der Waals surface area contributed by atoms with Gasteiger partial charge in [-0.2, -0.15) is 5.10 Å². The van der Waals surface area contributed by atoms with E-state index in [1.165, 1.54) is 12.1 Å². The van der Waals surface area contributed by atoms with Gasteiger partial charge in [-0.1, -0.05) is 35.9 Å². The van der Waals surface area contributed by atoms with E-state index in [1.807, 2.05) is 12.1 Å². The van der Waals surface area contributed by atoms with Gasteiger partial charge >= 0.3 is 6.36 Å². The number of nitrogens with one attached hydrogen (secondary N) is 1. The van der Waals surface area contributed by atoms with E-state index in [0.717, 1.165) is 11.1 Å². The van der Waals surface area contributed by atoms with Crippen molar-refractivity contribution >= 4 is 34.0 Å². The lowest BCUT2D eigenvalue weighted by Gasteiger charge is -2.13. The molecule has 0 atom stereocenters. The molecule has 0 saturated carbocycles. The van der Waals surface area contributed by atoms with Crippen LogP contribution in [0.3, 0.4) is 0 Å². The van der Waals surface area contributed by atoms with E-state index in [4.69, 9.17) is 16.3 Å². The molecule has 0 spiro atoms. The van der Waals surface area contributed by atoms with Gasteiger partial charge in [0.05, 0.1) is 19.2 Å². The molecule has 0 radical (unpaired) electrons. The molecule has 0 saturated heterocycles. The normalized spacial score (nSPS) is 11.5. The van der Waals surface area contributed by atoms with Gasteiger partial charge in [-0.05, 0) is 42.5 Å². The number of benzene rings is 3. The van der Waals surface area contributed by atoms with Crippen molar-refractivity contribution in [3.05, 3.63) is 77.3 Å². The zero-order chi connectivity index (χ0) is 22.0. The molecule has 0 aliphatic heterocycles. The molecule has 0 aliphatic carbocycles. The van der Waals surface area contributed by atoms with Gasteiger partial charge in [-0.15, -0.1) is 13.2 Å². The topological polar surface area (TPSA) is 48.3 Å². The molecule has 160 valence electrons. The molecule has 0 bridgehead atoms. The highest BCUT2D eigenvalue weighted by molar-refractivity contribution is 6.30. The quantitative estimate of drug-likeness (QED) is 0.372. The van der Waals surface area contributed by atoms with E-state index in [0.29, 0.717) is 27.7 Å². The van der Waals surface area contributed by atoms with E-state index in [2.05, 4.69) is 15.2 Å². The minimum Gasteiger partial charge on any atom is -0.497 e. The Labute approximate surface area is 181 Å². The summed E-state index contributed by atoms with van der Waals surface area (Å²) in [6, 6.07) is 18.5. The number of para-hydroxylation sites is 1. The van der Waals surface area contributed by atoms with Crippen LogP contribution in [0.4, 0.5) is 24.7 Å². The smallest absolute Gasteiger partial charge is 0.497 e. The molecule has 5 nitrogen and oxygen atoms in total. The molecule has 0 fully saturated rings. The molecule has 1 aromatic heterocycles. The van der Waals surface area contributed by atoms with Crippen LogP contribution in [0.15, 0.2) is 66.7 Å². The lowest BCUT2D eigenvalue weighted by molar-refractivity contribution is -0.274. The van der Waals surface area contributed by atoms with E-state index in [9.17, 15) is 13.2 Å². The number of alkyl halides is 3. The minimum absolute atomic E-state index is 0.0757. The van der Waals surface area contributed by atoms with Crippen molar-refractivity contribution in [2.24, 2.45) is 0 Å². The minimum atomic E-state index is -4.78. The molecule has 0 unspecified atom stereocenters. The van der Waals surface area contributed by atoms with E-state index in [-0.39, 0.29) is 12.3 Å². The van der Waals surface area contributed by atoms with Crippen molar-refractivity contribution < 1.29 is 22.6 Å². The Morgan fingerprint density at radius 3 is 2.58 bits per heavy atom. The summed E-state index contributed by atoms with van der Waals surface area (Å²) in [5.74, 6) is 0.879. The number of hydrogen-bond donors (Lipinski definition) is 1. The van der Waals surface area contributed by atoms with E-state index < -0.39 is 6.36 Å². The van der Waals surface area contributed by atoms with Gasteiger partial charge in [0, 0.05) is 21.7 Å². The molecule has 4 aromatic rings. The number of methoxy groups -OCH3 is 1. The molecule has 1 N–H and O–H groups in total. The predicted octanol–water partition coefficient (Wildman–Crippen LogP) is 6.39. The maximum atomic E-state index is 12.8. The lowest BCUT2D eigenvalue weighted by atomic mass is 10.2. The Kier molecular flexibility index (Phi) is 5.65. The first kappa shape index (κ1) is 20.9. The highest BCUT2D eigenvalue weighted by atomic mass is 35.5. The highest BCUT2D eigenvalue weighted by Gasteiger charge is 2.32. The first-order valence-corrected chi connectivity index (χ1v) is 9.61. The lowest BCUT2D eigenvalue weighted by Crippen LogP contribution is -2.18. The van der Waals surface area contributed by atoms with Crippen LogP contribution in [-0.4, -0.2) is 23.3 Å². The summed E-state index contributed by atoms with van der Waals surface area (Å²) in [5, 5.41) is 9.11. The number of rotatable bonds is 6. The van der Waals surface area contributed by atoms with Crippen LogP contribution in [0.1, 0.15) is 5.56 Å². The zero-order valence-electron chi connectivity index (χ0n) is 16.3. The molecular weight excluding hydrogens is 431 g/mol. The number of fused-ring (bicyclic) bond motifs is 1. The van der Waals surface area contributed by atoms with Crippen molar-refractivity contribution in [3.8, 4) is 11.5 Å². The Morgan fingerprint density at radius 1 is 1.03 bits per heavy atom. The average Bonchev–Trinajstić information content (AvgIpc) is 3.05. The van der Waals surface area contributed by atoms with Gasteiger partial charge in [-0.3, -0.25) is 4.68 Å². The summed E-state index contributed by atoms with van der Waals surface area (Å²) in [5.41, 5.74) is 1.78. The largest absolute Gasteiger partial charge is 0.573 e. The van der Waals surface area contributed by atoms with Gasteiger partial charge in [0.1, 0.15) is 11.5 Å². The summed E-state index contributed by atoms with van der Waals surface area (Å²) in [6.45, 7) is 0.0757. The number of anilines is 2. The summed E-state index contributed by atoms with van der Waals surface area (Å²) < 4.78 is 49.5. The van der Waals surface area contributed by atoms with Gasteiger partial charge in [0.25, 0.3) is 0 Å². The maximum Gasteiger partial charge on any atom is 0.573 e. The van der Waals surface area contributed by atoms with Crippen LogP contribution < -0.4 is 14.8 Å². The summed E-state index contributed by atoms with van der Waals surface area (Å²) >= 11 is 6.07. The molecule has 9 heteroatoms. The monoisotopic (exact) mass is 447 g/mol. The summed E-state index contributed by atoms with van der Waals surface area (Å²) in [4.78, 5) is 0. The van der Waals surface area contributed by atoms with Crippen molar-refractivity contribution in [1.29, 1.82) is 0 Å². The number of hydrogen-bond acceptors (Lipinski definition) is 4. The fourth-order valence-electron chi connectivity index (χ4n) is 3.22. The van der Waals surface area contributed by atoms with Crippen LogP contribution in [-0.2, 0) is 6.54 Å². The standard InChI is InChI=1S/C22H17ClF3N3O2/c1-30-17-9-10-19-18(12-17)21(27-16-7-4-6-15(23)11-16)28-29(19)13-14-5-2-3-8-20(14)31-22(24,25)26/h2-12H,13H2,1H3,(H,27,28). The number of halogens is 4. The first-order chi connectivity index (χ1) is 14.8. The van der Waals surface area contributed by atoms with Crippen molar-refractivity contribution in [2.75, 3.05) is 12.4 Å². The van der Waals surface area contributed by atoms with Crippen LogP contribution >= 0.6 is 11.6 Å². The van der Waals surface area contributed by atoms with Crippen LogP contribution in [0.25, 0.3) is 10.9 Å². The van der Waals surface area contributed by atoms with Gasteiger partial charge in [0.15, 0.2) is 5.82 Å². The molecular formula is C22H17ClF3N3O2. The van der Waals surface area contributed by atoms with Crippen molar-refractivity contribution in [2.45, 2.75) is 12.9 Å². The molecule has 0 aliphatic rings. The zero-order valence-corrected chi connectivity index (χ0v) is 17.0. The highest BCUT2D eigenvalue weighted by Crippen LogP contribution is 2.32. The second kappa shape index (κ2) is 8.39. The molecule has 0 amide bonds. The summed E-state index contributed by atoms with van der Waals surface area (Å²) in [7, 11) is 1.56. The van der Waals surface area contributed by atoms with E-state index >= 15 is 0 Å². The summed E-state index contributed by atoms with van der Waals surface area (Å²) in [6.07, 6.45) is -4.78. The predicted molar refractivity (Wildman–Crippen MR) is 113 cm³/mol. The average molecular weight is 448 g/mol. The first-order valence-electron chi connectivity index (χ1n) is 9.23. The third kappa shape index (κ3) is 4.86. The van der Waals surface area contributed by atoms with Gasteiger partial charge in [-0.25, -0.2) is 0 Å². The molecule has 31 heavy (non-hydrogen) atoms.